The zero-order valence-electron chi connectivity index (χ0n) is 11.8. The van der Waals surface area contributed by atoms with Crippen molar-refractivity contribution in [1.82, 2.24) is 5.32 Å². The van der Waals surface area contributed by atoms with Crippen LogP contribution in [0.5, 0.6) is 0 Å². The SMILES string of the molecule is CC(C)CCCOC(=O)C1NCCc2ccccc21. The van der Waals surface area contributed by atoms with Gasteiger partial charge in [0.05, 0.1) is 6.61 Å². The molecule has 0 aliphatic carbocycles. The quantitative estimate of drug-likeness (QED) is 0.654. The maximum atomic E-state index is 12.1. The number of esters is 1. The largest absolute Gasteiger partial charge is 0.464 e. The van der Waals surface area contributed by atoms with E-state index in [0.29, 0.717) is 12.5 Å². The van der Waals surface area contributed by atoms with E-state index < -0.39 is 0 Å². The number of hydrogen-bond acceptors (Lipinski definition) is 3. The van der Waals surface area contributed by atoms with Crippen molar-refractivity contribution >= 4 is 5.97 Å². The monoisotopic (exact) mass is 261 g/mol. The van der Waals surface area contributed by atoms with Crippen molar-refractivity contribution < 1.29 is 9.53 Å². The normalized spacial score (nSPS) is 18.2. The second kappa shape index (κ2) is 6.71. The Bertz CT molecular complexity index is 429. The molecule has 2 rings (SSSR count). The van der Waals surface area contributed by atoms with E-state index in [-0.39, 0.29) is 12.0 Å². The van der Waals surface area contributed by atoms with Crippen LogP contribution in [0.3, 0.4) is 0 Å². The van der Waals surface area contributed by atoms with Gasteiger partial charge in [-0.05, 0) is 36.3 Å². The van der Waals surface area contributed by atoms with E-state index in [1.54, 1.807) is 0 Å². The molecule has 1 atom stereocenters. The van der Waals surface area contributed by atoms with Crippen LogP contribution in [0.15, 0.2) is 24.3 Å². The Hall–Kier alpha value is -1.35. The standard InChI is InChI=1S/C16H23NO2/c1-12(2)6-5-11-19-16(18)15-14-8-4-3-7-13(14)9-10-17-15/h3-4,7-8,12,15,17H,5-6,9-11H2,1-2H3. The molecule has 0 aromatic heterocycles. The minimum absolute atomic E-state index is 0.143. The molecule has 3 heteroatoms. The molecular formula is C16H23NO2. The molecule has 1 N–H and O–H groups in total. The number of benzene rings is 1. The van der Waals surface area contributed by atoms with Crippen LogP contribution in [0.25, 0.3) is 0 Å². The van der Waals surface area contributed by atoms with E-state index in [4.69, 9.17) is 4.74 Å². The Labute approximate surface area is 115 Å². The number of ether oxygens (including phenoxy) is 1. The summed E-state index contributed by atoms with van der Waals surface area (Å²) in [7, 11) is 0. The zero-order valence-corrected chi connectivity index (χ0v) is 11.8. The van der Waals surface area contributed by atoms with Gasteiger partial charge in [-0.15, -0.1) is 0 Å². The first-order valence-electron chi connectivity index (χ1n) is 7.16. The summed E-state index contributed by atoms with van der Waals surface area (Å²) in [5.74, 6) is 0.517. The highest BCUT2D eigenvalue weighted by atomic mass is 16.5. The maximum absolute atomic E-state index is 12.1. The molecule has 1 aliphatic heterocycles. The van der Waals surface area contributed by atoms with Crippen LogP contribution in [0.1, 0.15) is 43.9 Å². The smallest absolute Gasteiger partial charge is 0.327 e. The molecule has 0 saturated carbocycles. The summed E-state index contributed by atoms with van der Waals surface area (Å²) in [5, 5.41) is 3.25. The Morgan fingerprint density at radius 3 is 3.00 bits per heavy atom. The fourth-order valence-electron chi connectivity index (χ4n) is 2.46. The Balaban J connectivity index is 1.90. The number of fused-ring (bicyclic) bond motifs is 1. The van der Waals surface area contributed by atoms with Gasteiger partial charge in [-0.3, -0.25) is 0 Å². The summed E-state index contributed by atoms with van der Waals surface area (Å²) in [6.45, 7) is 5.72. The van der Waals surface area contributed by atoms with Gasteiger partial charge >= 0.3 is 5.97 Å². The Morgan fingerprint density at radius 1 is 1.42 bits per heavy atom. The molecule has 1 unspecified atom stereocenters. The van der Waals surface area contributed by atoms with Gasteiger partial charge in [-0.2, -0.15) is 0 Å². The highest BCUT2D eigenvalue weighted by molar-refractivity contribution is 5.78. The predicted octanol–water partition coefficient (Wildman–Crippen LogP) is 2.85. The molecule has 1 aliphatic rings. The van der Waals surface area contributed by atoms with Gasteiger partial charge in [0, 0.05) is 6.54 Å². The molecule has 0 radical (unpaired) electrons. The van der Waals surface area contributed by atoms with Crippen molar-refractivity contribution in [3.63, 3.8) is 0 Å². The van der Waals surface area contributed by atoms with E-state index in [1.165, 1.54) is 5.56 Å². The van der Waals surface area contributed by atoms with Crippen molar-refractivity contribution in [2.45, 2.75) is 39.2 Å². The minimum atomic E-state index is -0.288. The lowest BCUT2D eigenvalue weighted by Gasteiger charge is -2.25. The second-order valence-electron chi connectivity index (χ2n) is 5.54. The summed E-state index contributed by atoms with van der Waals surface area (Å²) >= 11 is 0. The highest BCUT2D eigenvalue weighted by Crippen LogP contribution is 2.23. The van der Waals surface area contributed by atoms with E-state index >= 15 is 0 Å². The van der Waals surface area contributed by atoms with Crippen LogP contribution >= 0.6 is 0 Å². The topological polar surface area (TPSA) is 38.3 Å². The third-order valence-corrected chi connectivity index (χ3v) is 3.51. The van der Waals surface area contributed by atoms with E-state index in [1.807, 2.05) is 18.2 Å². The molecule has 0 bridgehead atoms. The van der Waals surface area contributed by atoms with E-state index in [9.17, 15) is 4.79 Å². The average Bonchev–Trinajstić information content (AvgIpc) is 2.42. The van der Waals surface area contributed by atoms with E-state index in [2.05, 4.69) is 25.2 Å². The van der Waals surface area contributed by atoms with Crippen LogP contribution < -0.4 is 5.32 Å². The van der Waals surface area contributed by atoms with Gasteiger partial charge in [-0.25, -0.2) is 4.79 Å². The number of carbonyl (C=O) groups is 1. The molecule has 0 fully saturated rings. The lowest BCUT2D eigenvalue weighted by Crippen LogP contribution is -2.36. The van der Waals surface area contributed by atoms with Gasteiger partial charge in [0.25, 0.3) is 0 Å². The molecule has 104 valence electrons. The van der Waals surface area contributed by atoms with Crippen molar-refractivity contribution in [3.8, 4) is 0 Å². The lowest BCUT2D eigenvalue weighted by atomic mass is 9.94. The van der Waals surface area contributed by atoms with Gasteiger partial charge in [-0.1, -0.05) is 38.1 Å². The zero-order chi connectivity index (χ0) is 13.7. The first kappa shape index (κ1) is 14.1. The summed E-state index contributed by atoms with van der Waals surface area (Å²) in [5.41, 5.74) is 2.33. The van der Waals surface area contributed by atoms with Gasteiger partial charge < -0.3 is 10.1 Å². The van der Waals surface area contributed by atoms with Gasteiger partial charge in [0.1, 0.15) is 6.04 Å². The van der Waals surface area contributed by atoms with Crippen LogP contribution in [0, 0.1) is 5.92 Å². The Morgan fingerprint density at radius 2 is 2.21 bits per heavy atom. The van der Waals surface area contributed by atoms with Crippen LogP contribution in [0.4, 0.5) is 0 Å². The fourth-order valence-corrected chi connectivity index (χ4v) is 2.46. The van der Waals surface area contributed by atoms with Gasteiger partial charge in [0.15, 0.2) is 0 Å². The molecule has 1 aromatic carbocycles. The predicted molar refractivity (Wildman–Crippen MR) is 75.9 cm³/mol. The first-order valence-corrected chi connectivity index (χ1v) is 7.16. The number of nitrogens with one attached hydrogen (secondary N) is 1. The summed E-state index contributed by atoms with van der Waals surface area (Å²) in [6, 6.07) is 7.82. The fraction of sp³-hybridized carbons (Fsp3) is 0.562. The molecule has 0 amide bonds. The number of carbonyl (C=O) groups excluding carboxylic acids is 1. The molecule has 1 aromatic rings. The third kappa shape index (κ3) is 3.80. The van der Waals surface area contributed by atoms with Crippen molar-refractivity contribution in [2.24, 2.45) is 5.92 Å². The summed E-state index contributed by atoms with van der Waals surface area (Å²) < 4.78 is 5.39. The Kier molecular flexibility index (Phi) is 4.97. The van der Waals surface area contributed by atoms with Crippen molar-refractivity contribution in [3.05, 3.63) is 35.4 Å². The lowest BCUT2D eigenvalue weighted by molar-refractivity contribution is -0.146. The van der Waals surface area contributed by atoms with Gasteiger partial charge in [0.2, 0.25) is 0 Å². The molecule has 0 spiro atoms. The molecule has 0 saturated heterocycles. The second-order valence-corrected chi connectivity index (χ2v) is 5.54. The van der Waals surface area contributed by atoms with Crippen molar-refractivity contribution in [1.29, 1.82) is 0 Å². The van der Waals surface area contributed by atoms with E-state index in [0.717, 1.165) is 31.4 Å². The first-order chi connectivity index (χ1) is 9.18. The van der Waals surface area contributed by atoms with Crippen LogP contribution in [-0.4, -0.2) is 19.1 Å². The third-order valence-electron chi connectivity index (χ3n) is 3.51. The number of hydrogen-bond donors (Lipinski definition) is 1. The maximum Gasteiger partial charge on any atom is 0.327 e. The molecular weight excluding hydrogens is 238 g/mol. The highest BCUT2D eigenvalue weighted by Gasteiger charge is 2.26. The molecule has 3 nitrogen and oxygen atoms in total. The van der Waals surface area contributed by atoms with Crippen molar-refractivity contribution in [2.75, 3.05) is 13.2 Å². The summed E-state index contributed by atoms with van der Waals surface area (Å²) in [6.07, 6.45) is 3.02. The number of rotatable bonds is 5. The molecule has 19 heavy (non-hydrogen) atoms. The minimum Gasteiger partial charge on any atom is -0.464 e. The average molecular weight is 261 g/mol. The summed E-state index contributed by atoms with van der Waals surface area (Å²) in [4.78, 5) is 12.1. The van der Waals surface area contributed by atoms with Crippen LogP contribution in [0.2, 0.25) is 0 Å². The van der Waals surface area contributed by atoms with Crippen LogP contribution in [-0.2, 0) is 16.0 Å². The molecule has 1 heterocycles.